The summed E-state index contributed by atoms with van der Waals surface area (Å²) in [5.74, 6) is -0.225. The Hall–Kier alpha value is -1.92. The van der Waals surface area contributed by atoms with E-state index in [9.17, 15) is 9.90 Å². The molecule has 0 aromatic carbocycles. The molecule has 116 valence electrons. The van der Waals surface area contributed by atoms with Gasteiger partial charge in [0.05, 0.1) is 17.8 Å². The number of halogens is 1. The molecule has 2 heterocycles. The number of hydrogen-bond acceptors (Lipinski definition) is 4. The molecule has 1 aliphatic carbocycles. The van der Waals surface area contributed by atoms with Crippen molar-refractivity contribution in [1.29, 1.82) is 0 Å². The molecule has 2 atom stereocenters. The Morgan fingerprint density at radius 3 is 2.91 bits per heavy atom. The van der Waals surface area contributed by atoms with Crippen molar-refractivity contribution in [2.45, 2.75) is 37.8 Å². The van der Waals surface area contributed by atoms with E-state index in [-0.39, 0.29) is 11.9 Å². The Balaban J connectivity index is 1.71. The van der Waals surface area contributed by atoms with Crippen LogP contribution in [-0.4, -0.2) is 38.1 Å². The fourth-order valence-corrected chi connectivity index (χ4v) is 2.84. The van der Waals surface area contributed by atoms with Crippen LogP contribution in [0.2, 0.25) is 5.15 Å². The van der Waals surface area contributed by atoms with Gasteiger partial charge in [-0.25, -0.2) is 9.97 Å². The number of aliphatic hydroxyl groups is 1. The van der Waals surface area contributed by atoms with Crippen LogP contribution in [0.1, 0.15) is 36.2 Å². The van der Waals surface area contributed by atoms with Crippen LogP contribution in [0.4, 0.5) is 0 Å². The normalized spacial score (nSPS) is 21.5. The zero-order chi connectivity index (χ0) is 15.5. The van der Waals surface area contributed by atoms with Crippen LogP contribution in [0.15, 0.2) is 24.7 Å². The van der Waals surface area contributed by atoms with Crippen molar-refractivity contribution in [1.82, 2.24) is 20.3 Å². The Morgan fingerprint density at radius 1 is 1.32 bits per heavy atom. The van der Waals surface area contributed by atoms with Crippen molar-refractivity contribution in [3.8, 4) is 11.3 Å². The van der Waals surface area contributed by atoms with Gasteiger partial charge in [-0.2, -0.15) is 0 Å². The Kier molecular flexibility index (Phi) is 4.40. The van der Waals surface area contributed by atoms with Gasteiger partial charge in [-0.1, -0.05) is 24.4 Å². The first-order valence-corrected chi connectivity index (χ1v) is 7.66. The van der Waals surface area contributed by atoms with E-state index in [2.05, 4.69) is 20.3 Å². The summed E-state index contributed by atoms with van der Waals surface area (Å²) in [7, 11) is 0. The second-order valence-corrected chi connectivity index (χ2v) is 5.85. The first-order chi connectivity index (χ1) is 10.6. The molecule has 1 saturated carbocycles. The lowest BCUT2D eigenvalue weighted by molar-refractivity contribution is 0.0714. The molecule has 3 rings (SSSR count). The monoisotopic (exact) mass is 320 g/mol. The molecule has 0 saturated heterocycles. The van der Waals surface area contributed by atoms with Crippen LogP contribution >= 0.6 is 11.6 Å². The number of nitrogens with zero attached hydrogens (tertiary/aromatic N) is 2. The van der Waals surface area contributed by atoms with Gasteiger partial charge in [-0.3, -0.25) is 4.79 Å². The zero-order valence-corrected chi connectivity index (χ0v) is 12.7. The van der Waals surface area contributed by atoms with Gasteiger partial charge in [0.2, 0.25) is 0 Å². The molecule has 3 N–H and O–H groups in total. The van der Waals surface area contributed by atoms with E-state index in [4.69, 9.17) is 11.6 Å². The predicted molar refractivity (Wildman–Crippen MR) is 82.6 cm³/mol. The van der Waals surface area contributed by atoms with E-state index in [0.29, 0.717) is 16.5 Å². The van der Waals surface area contributed by atoms with Gasteiger partial charge in [0.1, 0.15) is 17.2 Å². The quantitative estimate of drug-likeness (QED) is 0.756. The lowest BCUT2D eigenvalue weighted by atomic mass is 9.92. The van der Waals surface area contributed by atoms with Gasteiger partial charge in [0.25, 0.3) is 5.91 Å². The molecule has 2 aromatic heterocycles. The maximum Gasteiger partial charge on any atom is 0.268 e. The summed E-state index contributed by atoms with van der Waals surface area (Å²) in [4.78, 5) is 23.1. The van der Waals surface area contributed by atoms with E-state index in [1.54, 1.807) is 18.3 Å². The molecule has 0 spiro atoms. The number of nitrogens with one attached hydrogen (secondary N) is 2. The fourth-order valence-electron chi connectivity index (χ4n) is 2.69. The van der Waals surface area contributed by atoms with Crippen LogP contribution in [0.25, 0.3) is 11.3 Å². The van der Waals surface area contributed by atoms with Crippen molar-refractivity contribution in [2.75, 3.05) is 0 Å². The van der Waals surface area contributed by atoms with Crippen molar-refractivity contribution in [3.63, 3.8) is 0 Å². The average molecular weight is 321 g/mol. The molecule has 0 aliphatic heterocycles. The largest absolute Gasteiger partial charge is 0.391 e. The third kappa shape index (κ3) is 3.28. The number of carbonyl (C=O) groups is 1. The molecule has 22 heavy (non-hydrogen) atoms. The smallest absolute Gasteiger partial charge is 0.268 e. The fraction of sp³-hybridized carbons (Fsp3) is 0.400. The van der Waals surface area contributed by atoms with Gasteiger partial charge in [0, 0.05) is 17.8 Å². The van der Waals surface area contributed by atoms with Gasteiger partial charge in [0.15, 0.2) is 0 Å². The molecular formula is C15H17ClN4O2. The molecule has 1 amide bonds. The highest BCUT2D eigenvalue weighted by Gasteiger charge is 2.25. The van der Waals surface area contributed by atoms with Crippen molar-refractivity contribution in [2.24, 2.45) is 0 Å². The zero-order valence-electron chi connectivity index (χ0n) is 11.9. The van der Waals surface area contributed by atoms with Gasteiger partial charge in [-0.15, -0.1) is 0 Å². The minimum atomic E-state index is -0.465. The third-order valence-electron chi connectivity index (χ3n) is 3.90. The van der Waals surface area contributed by atoms with Crippen molar-refractivity contribution in [3.05, 3.63) is 35.5 Å². The summed E-state index contributed by atoms with van der Waals surface area (Å²) in [6.07, 6.45) is 6.19. The van der Waals surface area contributed by atoms with Crippen LogP contribution < -0.4 is 5.32 Å². The van der Waals surface area contributed by atoms with Crippen molar-refractivity contribution >= 4 is 17.5 Å². The minimum Gasteiger partial charge on any atom is -0.391 e. The number of aliphatic hydroxyl groups excluding tert-OH is 1. The van der Waals surface area contributed by atoms with Crippen LogP contribution in [0.5, 0.6) is 0 Å². The summed E-state index contributed by atoms with van der Waals surface area (Å²) in [5, 5.41) is 13.2. The second-order valence-electron chi connectivity index (χ2n) is 5.46. The lowest BCUT2D eigenvalue weighted by Crippen LogP contribution is -2.45. The van der Waals surface area contributed by atoms with Crippen LogP contribution in [0.3, 0.4) is 0 Å². The third-order valence-corrected chi connectivity index (χ3v) is 4.11. The van der Waals surface area contributed by atoms with Gasteiger partial charge in [-0.05, 0) is 18.9 Å². The summed E-state index contributed by atoms with van der Waals surface area (Å²) in [5.41, 5.74) is 1.84. The standard InChI is InChI=1S/C15H17ClN4O2/c16-14-6-11(18-8-19-14)9-5-12(17-7-9)15(22)20-10-3-1-2-4-13(10)21/h5-8,10,13,17,21H,1-4H2,(H,20,22)/t10-,13+/m0/s1. The van der Waals surface area contributed by atoms with E-state index in [0.717, 1.165) is 31.2 Å². The minimum absolute atomic E-state index is 0.179. The highest BCUT2D eigenvalue weighted by Crippen LogP contribution is 2.21. The van der Waals surface area contributed by atoms with Gasteiger partial charge >= 0.3 is 0 Å². The van der Waals surface area contributed by atoms with E-state index >= 15 is 0 Å². The summed E-state index contributed by atoms with van der Waals surface area (Å²) in [6, 6.07) is 3.17. The first kappa shape index (κ1) is 15.0. The SMILES string of the molecule is O=C(N[C@H]1CCCC[C@H]1O)c1cc(-c2cc(Cl)ncn2)c[nH]1. The lowest BCUT2D eigenvalue weighted by Gasteiger charge is -2.28. The van der Waals surface area contributed by atoms with E-state index in [1.807, 2.05) is 0 Å². The number of H-pyrrole nitrogens is 1. The van der Waals surface area contributed by atoms with E-state index < -0.39 is 6.10 Å². The Morgan fingerprint density at radius 2 is 2.14 bits per heavy atom. The van der Waals surface area contributed by atoms with Crippen LogP contribution in [0, 0.1) is 0 Å². The molecule has 2 aromatic rings. The molecule has 0 bridgehead atoms. The number of rotatable bonds is 3. The summed E-state index contributed by atoms with van der Waals surface area (Å²) < 4.78 is 0. The highest BCUT2D eigenvalue weighted by atomic mass is 35.5. The molecule has 7 heteroatoms. The first-order valence-electron chi connectivity index (χ1n) is 7.29. The molecule has 0 radical (unpaired) electrons. The highest BCUT2D eigenvalue weighted by molar-refractivity contribution is 6.29. The Bertz CT molecular complexity index is 673. The van der Waals surface area contributed by atoms with Crippen LogP contribution in [-0.2, 0) is 0 Å². The predicted octanol–water partition coefficient (Wildman–Crippen LogP) is 2.16. The number of aromatic amines is 1. The molecule has 6 nitrogen and oxygen atoms in total. The maximum absolute atomic E-state index is 12.3. The van der Waals surface area contributed by atoms with Crippen molar-refractivity contribution < 1.29 is 9.90 Å². The maximum atomic E-state index is 12.3. The molecule has 1 fully saturated rings. The molecule has 0 unspecified atom stereocenters. The topological polar surface area (TPSA) is 90.9 Å². The summed E-state index contributed by atoms with van der Waals surface area (Å²) >= 11 is 5.84. The average Bonchev–Trinajstić information content (AvgIpc) is 2.99. The number of amides is 1. The second kappa shape index (κ2) is 6.46. The molecular weight excluding hydrogens is 304 g/mol. The number of hydrogen-bond donors (Lipinski definition) is 3. The van der Waals surface area contributed by atoms with E-state index in [1.165, 1.54) is 6.33 Å². The Labute approximate surface area is 132 Å². The number of carbonyl (C=O) groups excluding carboxylic acids is 1. The number of aromatic nitrogens is 3. The van der Waals surface area contributed by atoms with Gasteiger partial charge < -0.3 is 15.4 Å². The summed E-state index contributed by atoms with van der Waals surface area (Å²) in [6.45, 7) is 0. The molecule has 1 aliphatic rings.